The average Bonchev–Trinajstić information content (AvgIpc) is 2.44. The van der Waals surface area contributed by atoms with E-state index < -0.39 is 0 Å². The summed E-state index contributed by atoms with van der Waals surface area (Å²) in [6, 6.07) is 0. The van der Waals surface area contributed by atoms with Crippen molar-refractivity contribution in [3.63, 3.8) is 0 Å². The van der Waals surface area contributed by atoms with E-state index in [1.165, 1.54) is 14.9 Å². The largest absolute Gasteiger partial charge is 0.319 e. The van der Waals surface area contributed by atoms with Gasteiger partial charge < -0.3 is 5.32 Å². The lowest BCUT2D eigenvalue weighted by Gasteiger charge is -1.95. The van der Waals surface area contributed by atoms with Gasteiger partial charge in [-0.1, -0.05) is 18.7 Å². The summed E-state index contributed by atoms with van der Waals surface area (Å²) < 4.78 is 1.21. The Morgan fingerprint density at radius 2 is 2.31 bits per heavy atom. The van der Waals surface area contributed by atoms with Gasteiger partial charge in [-0.2, -0.15) is 0 Å². The molecule has 74 valence electrons. The number of rotatable bonds is 5. The maximum Gasteiger partial charge on any atom is 0.150 e. The fourth-order valence-corrected chi connectivity index (χ4v) is 3.19. The maximum atomic E-state index is 4.51. The molecule has 0 saturated carbocycles. The van der Waals surface area contributed by atoms with E-state index in [4.69, 9.17) is 0 Å². The van der Waals surface area contributed by atoms with E-state index >= 15 is 0 Å². The van der Waals surface area contributed by atoms with Crippen LogP contribution in [0.4, 0.5) is 0 Å². The van der Waals surface area contributed by atoms with Crippen LogP contribution < -0.4 is 5.32 Å². The number of thiazole rings is 1. The summed E-state index contributed by atoms with van der Waals surface area (Å²) in [7, 11) is 1.98. The Bertz CT molecular complexity index is 258. The molecule has 0 aliphatic carbocycles. The smallest absolute Gasteiger partial charge is 0.150 e. The fraction of sp³-hybridized carbons (Fsp3) is 0.667. The van der Waals surface area contributed by atoms with Crippen LogP contribution >= 0.6 is 23.1 Å². The summed E-state index contributed by atoms with van der Waals surface area (Å²) in [6.45, 7) is 5.30. The van der Waals surface area contributed by atoms with Crippen LogP contribution in [0, 0.1) is 6.92 Å². The molecule has 0 aliphatic rings. The quantitative estimate of drug-likeness (QED) is 0.765. The van der Waals surface area contributed by atoms with Crippen molar-refractivity contribution < 1.29 is 0 Å². The Labute approximate surface area is 88.2 Å². The monoisotopic (exact) mass is 216 g/mol. The fourth-order valence-electron chi connectivity index (χ4n) is 1.06. The predicted octanol–water partition coefficient (Wildman–Crippen LogP) is 2.33. The summed E-state index contributed by atoms with van der Waals surface area (Å²) in [5, 5.41) is 3.16. The van der Waals surface area contributed by atoms with Crippen LogP contribution in [-0.2, 0) is 6.42 Å². The standard InChI is InChI=1S/C9H16N2S2/c1-4-12-9-11-7(2)8(13-9)5-6-10-3/h10H,4-6H2,1-3H3. The first-order valence-corrected chi connectivity index (χ1v) is 6.31. The first-order valence-electron chi connectivity index (χ1n) is 4.51. The van der Waals surface area contributed by atoms with Gasteiger partial charge in [0.15, 0.2) is 0 Å². The molecule has 0 spiro atoms. The highest BCUT2D eigenvalue weighted by Crippen LogP contribution is 2.26. The molecule has 13 heavy (non-hydrogen) atoms. The van der Waals surface area contributed by atoms with Crippen molar-refractivity contribution in [2.24, 2.45) is 0 Å². The van der Waals surface area contributed by atoms with Crippen molar-refractivity contribution in [1.29, 1.82) is 0 Å². The van der Waals surface area contributed by atoms with Crippen LogP contribution in [0.1, 0.15) is 17.5 Å². The highest BCUT2D eigenvalue weighted by atomic mass is 32.2. The number of aryl methyl sites for hydroxylation is 1. The minimum absolute atomic E-state index is 1.04. The Kier molecular flexibility index (Phi) is 4.77. The molecule has 0 fully saturated rings. The Morgan fingerprint density at radius 3 is 2.92 bits per heavy atom. The van der Waals surface area contributed by atoms with Gasteiger partial charge in [-0.05, 0) is 32.7 Å². The van der Waals surface area contributed by atoms with Crippen molar-refractivity contribution in [3.8, 4) is 0 Å². The molecule has 0 unspecified atom stereocenters. The second-order valence-electron chi connectivity index (χ2n) is 2.77. The summed E-state index contributed by atoms with van der Waals surface area (Å²) in [6.07, 6.45) is 1.10. The van der Waals surface area contributed by atoms with E-state index in [-0.39, 0.29) is 0 Å². The Morgan fingerprint density at radius 1 is 1.54 bits per heavy atom. The lowest BCUT2D eigenvalue weighted by Crippen LogP contribution is -2.09. The third-order valence-corrected chi connectivity index (χ3v) is 3.99. The summed E-state index contributed by atoms with van der Waals surface area (Å²) in [4.78, 5) is 5.93. The number of hydrogen-bond donors (Lipinski definition) is 1. The van der Waals surface area contributed by atoms with Gasteiger partial charge in [-0.25, -0.2) is 4.98 Å². The lowest BCUT2D eigenvalue weighted by atomic mass is 10.3. The molecule has 0 aliphatic heterocycles. The summed E-state index contributed by atoms with van der Waals surface area (Å²) in [5.41, 5.74) is 1.20. The van der Waals surface area contributed by atoms with Gasteiger partial charge in [-0.3, -0.25) is 0 Å². The van der Waals surface area contributed by atoms with Gasteiger partial charge in [0.1, 0.15) is 4.34 Å². The van der Waals surface area contributed by atoms with Crippen molar-refractivity contribution in [1.82, 2.24) is 10.3 Å². The number of thioether (sulfide) groups is 1. The molecule has 1 rings (SSSR count). The van der Waals surface area contributed by atoms with Gasteiger partial charge in [0.25, 0.3) is 0 Å². The minimum atomic E-state index is 1.04. The van der Waals surface area contributed by atoms with Gasteiger partial charge in [0, 0.05) is 4.88 Å². The van der Waals surface area contributed by atoms with E-state index in [0.29, 0.717) is 0 Å². The Balaban J connectivity index is 2.60. The molecule has 0 aromatic carbocycles. The lowest BCUT2D eigenvalue weighted by molar-refractivity contribution is 0.794. The van der Waals surface area contributed by atoms with E-state index in [1.807, 2.05) is 30.1 Å². The van der Waals surface area contributed by atoms with Crippen LogP contribution in [0.15, 0.2) is 4.34 Å². The molecule has 4 heteroatoms. The highest BCUT2D eigenvalue weighted by molar-refractivity contribution is 8.01. The topological polar surface area (TPSA) is 24.9 Å². The van der Waals surface area contributed by atoms with Crippen LogP contribution in [0.5, 0.6) is 0 Å². The van der Waals surface area contributed by atoms with Gasteiger partial charge in [-0.15, -0.1) is 11.3 Å². The number of likely N-dealkylation sites (N-methyl/N-ethyl adjacent to an activating group) is 1. The normalized spacial score (nSPS) is 10.7. The molecule has 0 radical (unpaired) electrons. The van der Waals surface area contributed by atoms with Crippen molar-refractivity contribution in [2.75, 3.05) is 19.3 Å². The molecule has 0 saturated heterocycles. The number of nitrogens with zero attached hydrogens (tertiary/aromatic N) is 1. The molecule has 0 bridgehead atoms. The molecule has 0 atom stereocenters. The van der Waals surface area contributed by atoms with Gasteiger partial charge >= 0.3 is 0 Å². The van der Waals surface area contributed by atoms with Crippen LogP contribution in [-0.4, -0.2) is 24.3 Å². The van der Waals surface area contributed by atoms with Crippen LogP contribution in [0.25, 0.3) is 0 Å². The van der Waals surface area contributed by atoms with E-state index in [9.17, 15) is 0 Å². The van der Waals surface area contributed by atoms with Crippen LogP contribution in [0.2, 0.25) is 0 Å². The minimum Gasteiger partial charge on any atom is -0.319 e. The second-order valence-corrected chi connectivity index (χ2v) is 5.37. The van der Waals surface area contributed by atoms with E-state index in [1.54, 1.807) is 0 Å². The number of nitrogens with one attached hydrogen (secondary N) is 1. The molecular formula is C9H16N2S2. The SMILES string of the molecule is CCSc1nc(C)c(CCNC)s1. The molecule has 1 N–H and O–H groups in total. The zero-order chi connectivity index (χ0) is 9.68. The maximum absolute atomic E-state index is 4.51. The molecule has 2 nitrogen and oxygen atoms in total. The molecule has 1 aromatic heterocycles. The first-order chi connectivity index (χ1) is 6.27. The zero-order valence-corrected chi connectivity index (χ0v) is 10.0. The second kappa shape index (κ2) is 5.62. The number of aromatic nitrogens is 1. The van der Waals surface area contributed by atoms with Crippen molar-refractivity contribution >= 4 is 23.1 Å². The zero-order valence-electron chi connectivity index (χ0n) is 8.39. The van der Waals surface area contributed by atoms with E-state index in [0.717, 1.165) is 18.7 Å². The molecule has 0 amide bonds. The summed E-state index contributed by atoms with van der Waals surface area (Å²) in [5.74, 6) is 1.11. The van der Waals surface area contributed by atoms with E-state index in [2.05, 4.69) is 24.1 Å². The summed E-state index contributed by atoms with van der Waals surface area (Å²) >= 11 is 3.67. The third-order valence-electron chi connectivity index (χ3n) is 1.74. The van der Waals surface area contributed by atoms with Gasteiger partial charge in [0.2, 0.25) is 0 Å². The Hall–Kier alpha value is -0.0600. The van der Waals surface area contributed by atoms with Crippen molar-refractivity contribution in [3.05, 3.63) is 10.6 Å². The predicted molar refractivity (Wildman–Crippen MR) is 60.9 cm³/mol. The van der Waals surface area contributed by atoms with Gasteiger partial charge in [0.05, 0.1) is 5.69 Å². The average molecular weight is 216 g/mol. The molecular weight excluding hydrogens is 200 g/mol. The van der Waals surface area contributed by atoms with Crippen LogP contribution in [0.3, 0.4) is 0 Å². The third kappa shape index (κ3) is 3.29. The highest BCUT2D eigenvalue weighted by Gasteiger charge is 2.06. The number of hydrogen-bond acceptors (Lipinski definition) is 4. The molecule has 1 aromatic rings. The molecule has 1 heterocycles. The first kappa shape index (κ1) is 11.0. The van der Waals surface area contributed by atoms with Crippen molar-refractivity contribution in [2.45, 2.75) is 24.6 Å².